The predicted octanol–water partition coefficient (Wildman–Crippen LogP) is 3.17. The second-order valence-electron chi connectivity index (χ2n) is 5.50. The van der Waals surface area contributed by atoms with E-state index in [2.05, 4.69) is 5.32 Å². The second-order valence-corrected chi connectivity index (χ2v) is 5.94. The molecule has 2 N–H and O–H groups in total. The number of nitrogens with one attached hydrogen (secondary N) is 1. The van der Waals surface area contributed by atoms with Crippen LogP contribution in [0.25, 0.3) is 0 Å². The van der Waals surface area contributed by atoms with Crippen LogP contribution in [0, 0.1) is 5.82 Å². The predicted molar refractivity (Wildman–Crippen MR) is 85.1 cm³/mol. The van der Waals surface area contributed by atoms with E-state index in [9.17, 15) is 14.0 Å². The Morgan fingerprint density at radius 2 is 2.09 bits per heavy atom. The molecule has 1 aromatic carbocycles. The van der Waals surface area contributed by atoms with Crippen LogP contribution in [0.5, 0.6) is 5.75 Å². The number of halogens is 2. The van der Waals surface area contributed by atoms with Crippen LogP contribution in [0.3, 0.4) is 0 Å². The zero-order valence-electron chi connectivity index (χ0n) is 13.1. The van der Waals surface area contributed by atoms with Crippen molar-refractivity contribution in [1.82, 2.24) is 5.32 Å². The summed E-state index contributed by atoms with van der Waals surface area (Å²) in [5.74, 6) is -1.96. The normalized spacial score (nSPS) is 12.9. The summed E-state index contributed by atoms with van der Waals surface area (Å²) in [4.78, 5) is 22.8. The van der Waals surface area contributed by atoms with Crippen LogP contribution in [0.15, 0.2) is 30.4 Å². The summed E-state index contributed by atoms with van der Waals surface area (Å²) in [5, 5.41) is 11.5. The van der Waals surface area contributed by atoms with Crippen molar-refractivity contribution in [2.75, 3.05) is 0 Å². The van der Waals surface area contributed by atoms with Crippen LogP contribution in [0.2, 0.25) is 5.02 Å². The molecule has 1 aromatic rings. The first kappa shape index (κ1) is 19.0. The third-order valence-electron chi connectivity index (χ3n) is 2.87. The third-order valence-corrected chi connectivity index (χ3v) is 3.08. The standard InChI is InChI=1S/C16H19ClFNO4/c1-4-13(23-12-8-10(17)7-11(18)9-12)15(22)19-16(2,3)6-5-14(20)21/h5-9,13H,4H2,1-3H3,(H,19,22)(H,20,21)/b6-5+. The largest absolute Gasteiger partial charge is 0.480 e. The van der Waals surface area contributed by atoms with Gasteiger partial charge >= 0.3 is 5.97 Å². The van der Waals surface area contributed by atoms with Crippen LogP contribution >= 0.6 is 11.6 Å². The van der Waals surface area contributed by atoms with E-state index in [4.69, 9.17) is 21.4 Å². The monoisotopic (exact) mass is 343 g/mol. The van der Waals surface area contributed by atoms with Gasteiger partial charge in [0, 0.05) is 17.2 Å². The molecular weight excluding hydrogens is 325 g/mol. The molecule has 0 saturated carbocycles. The highest BCUT2D eigenvalue weighted by Gasteiger charge is 2.25. The van der Waals surface area contributed by atoms with Crippen LogP contribution in [0.1, 0.15) is 27.2 Å². The van der Waals surface area contributed by atoms with Crippen LogP contribution in [-0.2, 0) is 9.59 Å². The van der Waals surface area contributed by atoms with Crippen LogP contribution in [0.4, 0.5) is 4.39 Å². The summed E-state index contributed by atoms with van der Waals surface area (Å²) < 4.78 is 18.8. The smallest absolute Gasteiger partial charge is 0.328 e. The van der Waals surface area contributed by atoms with Gasteiger partial charge in [-0.25, -0.2) is 9.18 Å². The molecule has 0 radical (unpaired) electrons. The first-order valence-electron chi connectivity index (χ1n) is 7.00. The molecule has 23 heavy (non-hydrogen) atoms. The Morgan fingerprint density at radius 1 is 1.43 bits per heavy atom. The van der Waals surface area contributed by atoms with Gasteiger partial charge in [-0.05, 0) is 32.4 Å². The number of rotatable bonds is 7. The zero-order chi connectivity index (χ0) is 17.6. The van der Waals surface area contributed by atoms with Crippen molar-refractivity contribution in [3.63, 3.8) is 0 Å². The molecule has 1 rings (SSSR count). The van der Waals surface area contributed by atoms with E-state index in [-0.39, 0.29) is 10.8 Å². The number of benzene rings is 1. The number of ether oxygens (including phenoxy) is 1. The summed E-state index contributed by atoms with van der Waals surface area (Å²) in [6.45, 7) is 5.04. The number of carbonyl (C=O) groups is 2. The molecule has 0 spiro atoms. The van der Waals surface area contributed by atoms with Crippen molar-refractivity contribution in [2.24, 2.45) is 0 Å². The van der Waals surface area contributed by atoms with Crippen LogP contribution < -0.4 is 10.1 Å². The fourth-order valence-corrected chi connectivity index (χ4v) is 2.01. The average molecular weight is 344 g/mol. The Kier molecular flexibility index (Phi) is 6.57. The van der Waals surface area contributed by atoms with E-state index in [1.54, 1.807) is 20.8 Å². The van der Waals surface area contributed by atoms with E-state index in [1.165, 1.54) is 12.1 Å². The maximum Gasteiger partial charge on any atom is 0.328 e. The molecule has 0 heterocycles. The molecule has 0 aliphatic heterocycles. The Labute approximate surface area is 139 Å². The Morgan fingerprint density at radius 3 is 2.61 bits per heavy atom. The highest BCUT2D eigenvalue weighted by atomic mass is 35.5. The van der Waals surface area contributed by atoms with Gasteiger partial charge in [0.1, 0.15) is 11.6 Å². The molecule has 5 nitrogen and oxygen atoms in total. The lowest BCUT2D eigenvalue weighted by molar-refractivity contribution is -0.132. The number of aliphatic carboxylic acids is 1. The number of hydrogen-bond donors (Lipinski definition) is 2. The lowest BCUT2D eigenvalue weighted by Gasteiger charge is -2.26. The number of carboxylic acid groups (broad SMARTS) is 1. The van der Waals surface area contributed by atoms with E-state index < -0.39 is 29.3 Å². The molecular formula is C16H19ClFNO4. The van der Waals surface area contributed by atoms with Crippen molar-refractivity contribution in [3.8, 4) is 5.75 Å². The molecule has 0 aromatic heterocycles. The Balaban J connectivity index is 2.80. The fourth-order valence-electron chi connectivity index (χ4n) is 1.80. The first-order chi connectivity index (χ1) is 10.6. The van der Waals surface area contributed by atoms with Gasteiger partial charge in [-0.3, -0.25) is 4.79 Å². The lowest BCUT2D eigenvalue weighted by atomic mass is 10.0. The van der Waals surface area contributed by atoms with Crippen LogP contribution in [-0.4, -0.2) is 28.6 Å². The van der Waals surface area contributed by atoms with Crippen molar-refractivity contribution < 1.29 is 23.8 Å². The number of hydrogen-bond acceptors (Lipinski definition) is 3. The van der Waals surface area contributed by atoms with Gasteiger partial charge in [-0.15, -0.1) is 0 Å². The maximum atomic E-state index is 13.3. The number of carbonyl (C=O) groups excluding carboxylic acids is 1. The van der Waals surface area contributed by atoms with E-state index in [1.807, 2.05) is 0 Å². The number of amides is 1. The molecule has 126 valence electrons. The van der Waals surface area contributed by atoms with Gasteiger partial charge in [0.2, 0.25) is 0 Å². The molecule has 0 saturated heterocycles. The lowest BCUT2D eigenvalue weighted by Crippen LogP contribution is -2.48. The molecule has 0 bridgehead atoms. The minimum atomic E-state index is -1.11. The van der Waals surface area contributed by atoms with Gasteiger partial charge < -0.3 is 15.2 Å². The molecule has 1 unspecified atom stereocenters. The molecule has 0 fully saturated rings. The van der Waals surface area contributed by atoms with Gasteiger partial charge in [-0.2, -0.15) is 0 Å². The third kappa shape index (κ3) is 6.69. The van der Waals surface area contributed by atoms with Gasteiger partial charge in [-0.1, -0.05) is 24.6 Å². The molecule has 1 atom stereocenters. The number of carboxylic acids is 1. The summed E-state index contributed by atoms with van der Waals surface area (Å²) in [6, 6.07) is 3.68. The van der Waals surface area contributed by atoms with Crippen molar-refractivity contribution in [1.29, 1.82) is 0 Å². The maximum absolute atomic E-state index is 13.3. The van der Waals surface area contributed by atoms with Crippen molar-refractivity contribution in [2.45, 2.75) is 38.8 Å². The zero-order valence-corrected chi connectivity index (χ0v) is 13.9. The first-order valence-corrected chi connectivity index (χ1v) is 7.37. The van der Waals surface area contributed by atoms with E-state index >= 15 is 0 Å². The Bertz CT molecular complexity index is 596. The quantitative estimate of drug-likeness (QED) is 0.746. The summed E-state index contributed by atoms with van der Waals surface area (Å²) in [5.41, 5.74) is -0.869. The van der Waals surface area contributed by atoms with Crippen molar-refractivity contribution in [3.05, 3.63) is 41.2 Å². The fraction of sp³-hybridized carbons (Fsp3) is 0.375. The molecule has 0 aliphatic rings. The molecule has 1 amide bonds. The van der Waals surface area contributed by atoms with E-state index in [0.717, 1.165) is 18.2 Å². The topological polar surface area (TPSA) is 75.6 Å². The average Bonchev–Trinajstić information content (AvgIpc) is 2.41. The van der Waals surface area contributed by atoms with Gasteiger partial charge in [0.25, 0.3) is 5.91 Å². The molecule has 7 heteroatoms. The summed E-state index contributed by atoms with van der Waals surface area (Å²) >= 11 is 5.75. The Hall–Kier alpha value is -2.08. The minimum Gasteiger partial charge on any atom is -0.480 e. The van der Waals surface area contributed by atoms with Gasteiger partial charge in [0.15, 0.2) is 6.10 Å². The highest BCUT2D eigenvalue weighted by Crippen LogP contribution is 2.22. The summed E-state index contributed by atoms with van der Waals surface area (Å²) in [7, 11) is 0. The van der Waals surface area contributed by atoms with Gasteiger partial charge in [0.05, 0.1) is 5.54 Å². The molecule has 0 aliphatic carbocycles. The van der Waals surface area contributed by atoms with E-state index in [0.29, 0.717) is 6.42 Å². The second kappa shape index (κ2) is 7.97. The minimum absolute atomic E-state index is 0.149. The van der Waals surface area contributed by atoms with Crippen molar-refractivity contribution >= 4 is 23.5 Å². The summed E-state index contributed by atoms with van der Waals surface area (Å²) in [6.07, 6.45) is 1.80. The SMILES string of the molecule is CCC(Oc1cc(F)cc(Cl)c1)C(=O)NC(C)(C)/C=C/C(=O)O. The highest BCUT2D eigenvalue weighted by molar-refractivity contribution is 6.30.